The van der Waals surface area contributed by atoms with Crippen LogP contribution in [-0.4, -0.2) is 6.54 Å². The van der Waals surface area contributed by atoms with E-state index >= 15 is 0 Å². The summed E-state index contributed by atoms with van der Waals surface area (Å²) in [7, 11) is 0. The van der Waals surface area contributed by atoms with Crippen LogP contribution in [0.25, 0.3) is 0 Å². The first-order chi connectivity index (χ1) is 8.69. The van der Waals surface area contributed by atoms with Crippen LogP contribution in [0.1, 0.15) is 38.2 Å². The summed E-state index contributed by atoms with van der Waals surface area (Å²) in [5.74, 6) is 1.62. The van der Waals surface area contributed by atoms with Crippen molar-refractivity contribution in [1.82, 2.24) is 0 Å². The van der Waals surface area contributed by atoms with Gasteiger partial charge in [0.1, 0.15) is 0 Å². The highest BCUT2D eigenvalue weighted by Crippen LogP contribution is 2.29. The molecule has 0 amide bonds. The van der Waals surface area contributed by atoms with Gasteiger partial charge in [-0.1, -0.05) is 31.4 Å². The Kier molecular flexibility index (Phi) is 4.49. The zero-order valence-corrected chi connectivity index (χ0v) is 11.5. The molecule has 2 rings (SSSR count). The molecule has 0 unspecified atom stereocenters. The van der Waals surface area contributed by atoms with E-state index in [1.807, 2.05) is 6.07 Å². The van der Waals surface area contributed by atoms with Crippen LogP contribution >= 0.6 is 11.6 Å². The molecular weight excluding hydrogens is 244 g/mol. The van der Waals surface area contributed by atoms with Gasteiger partial charge in [0.05, 0.1) is 22.3 Å². The van der Waals surface area contributed by atoms with Crippen LogP contribution in [-0.2, 0) is 0 Å². The Labute approximate surface area is 114 Å². The Hall–Kier alpha value is -1.20. The number of rotatable bonds is 3. The topological polar surface area (TPSA) is 35.8 Å². The zero-order chi connectivity index (χ0) is 13.0. The van der Waals surface area contributed by atoms with Crippen molar-refractivity contribution in [2.45, 2.75) is 32.6 Å². The molecule has 1 aromatic rings. The first-order valence-corrected chi connectivity index (χ1v) is 7.00. The highest BCUT2D eigenvalue weighted by atomic mass is 35.5. The number of benzene rings is 1. The second-order valence-corrected chi connectivity index (χ2v) is 5.72. The minimum Gasteiger partial charge on any atom is -0.384 e. The molecule has 18 heavy (non-hydrogen) atoms. The number of hydrogen-bond donors (Lipinski definition) is 1. The summed E-state index contributed by atoms with van der Waals surface area (Å²) in [6.45, 7) is 3.29. The predicted octanol–water partition coefficient (Wildman–Crippen LogP) is 4.45. The largest absolute Gasteiger partial charge is 0.384 e. The Morgan fingerprint density at radius 3 is 2.72 bits per heavy atom. The summed E-state index contributed by atoms with van der Waals surface area (Å²) in [6.07, 6.45) is 5.25. The van der Waals surface area contributed by atoms with Crippen LogP contribution in [0.15, 0.2) is 18.2 Å². The van der Waals surface area contributed by atoms with E-state index in [2.05, 4.69) is 18.3 Å². The summed E-state index contributed by atoms with van der Waals surface area (Å²) >= 11 is 6.12. The fourth-order valence-corrected chi connectivity index (χ4v) is 2.70. The lowest BCUT2D eigenvalue weighted by molar-refractivity contribution is 0.300. The molecule has 0 saturated heterocycles. The van der Waals surface area contributed by atoms with E-state index in [1.165, 1.54) is 25.7 Å². The molecule has 0 heterocycles. The van der Waals surface area contributed by atoms with Crippen LogP contribution in [0.2, 0.25) is 5.02 Å². The van der Waals surface area contributed by atoms with Gasteiger partial charge in [0.15, 0.2) is 0 Å². The molecule has 0 bridgehead atoms. The van der Waals surface area contributed by atoms with Gasteiger partial charge in [-0.3, -0.25) is 0 Å². The van der Waals surface area contributed by atoms with Crippen molar-refractivity contribution < 1.29 is 0 Å². The highest BCUT2D eigenvalue weighted by molar-refractivity contribution is 6.33. The van der Waals surface area contributed by atoms with Crippen molar-refractivity contribution >= 4 is 17.3 Å². The predicted molar refractivity (Wildman–Crippen MR) is 75.8 cm³/mol. The van der Waals surface area contributed by atoms with Crippen LogP contribution in [0.5, 0.6) is 0 Å². The molecule has 1 N–H and O–H groups in total. The van der Waals surface area contributed by atoms with Gasteiger partial charge in [-0.25, -0.2) is 0 Å². The maximum atomic E-state index is 8.88. The van der Waals surface area contributed by atoms with Gasteiger partial charge in [0.25, 0.3) is 0 Å². The van der Waals surface area contributed by atoms with Crippen LogP contribution in [0.4, 0.5) is 5.69 Å². The first-order valence-electron chi connectivity index (χ1n) is 6.62. The van der Waals surface area contributed by atoms with E-state index in [-0.39, 0.29) is 0 Å². The molecule has 3 heteroatoms. The van der Waals surface area contributed by atoms with Crippen molar-refractivity contribution in [1.29, 1.82) is 5.26 Å². The monoisotopic (exact) mass is 262 g/mol. The molecule has 1 aliphatic rings. The number of nitriles is 1. The smallest absolute Gasteiger partial charge is 0.0992 e. The minimum atomic E-state index is 0.652. The summed E-state index contributed by atoms with van der Waals surface area (Å²) in [5.41, 5.74) is 1.54. The van der Waals surface area contributed by atoms with Crippen molar-refractivity contribution in [3.8, 4) is 6.07 Å². The third-order valence-electron chi connectivity index (χ3n) is 3.81. The average Bonchev–Trinajstić information content (AvgIpc) is 2.40. The fraction of sp³-hybridized carbons (Fsp3) is 0.533. The zero-order valence-electron chi connectivity index (χ0n) is 10.7. The number of nitrogens with one attached hydrogen (secondary N) is 1. The molecule has 0 aliphatic heterocycles. The highest BCUT2D eigenvalue weighted by Gasteiger charge is 2.18. The normalized spacial score (nSPS) is 23.4. The second kappa shape index (κ2) is 6.11. The number of hydrogen-bond acceptors (Lipinski definition) is 2. The quantitative estimate of drug-likeness (QED) is 0.874. The molecule has 0 spiro atoms. The van der Waals surface area contributed by atoms with E-state index in [1.54, 1.807) is 12.1 Å². The first kappa shape index (κ1) is 13.2. The molecule has 1 fully saturated rings. The lowest BCUT2D eigenvalue weighted by atomic mass is 9.83. The maximum Gasteiger partial charge on any atom is 0.0992 e. The molecule has 2 nitrogen and oxygen atoms in total. The van der Waals surface area contributed by atoms with Crippen LogP contribution < -0.4 is 5.32 Å². The lowest BCUT2D eigenvalue weighted by Gasteiger charge is -2.26. The van der Waals surface area contributed by atoms with Crippen LogP contribution in [0.3, 0.4) is 0 Å². The summed E-state index contributed by atoms with van der Waals surface area (Å²) < 4.78 is 0. The number of nitrogens with zero attached hydrogens (tertiary/aromatic N) is 1. The molecule has 96 valence electrons. The molecule has 0 aromatic heterocycles. The molecular formula is C15H19ClN2. The van der Waals surface area contributed by atoms with Crippen molar-refractivity contribution in [2.24, 2.45) is 11.8 Å². The Bertz CT molecular complexity index is 442. The van der Waals surface area contributed by atoms with E-state index < -0.39 is 0 Å². The summed E-state index contributed by atoms with van der Waals surface area (Å²) in [6, 6.07) is 7.50. The summed E-state index contributed by atoms with van der Waals surface area (Å²) in [5, 5.41) is 13.0. The third kappa shape index (κ3) is 3.40. The molecule has 1 aromatic carbocycles. The van der Waals surface area contributed by atoms with E-state index in [0.29, 0.717) is 10.6 Å². The van der Waals surface area contributed by atoms with Crippen molar-refractivity contribution in [3.63, 3.8) is 0 Å². The molecule has 1 saturated carbocycles. The molecule has 1 aliphatic carbocycles. The van der Waals surface area contributed by atoms with Gasteiger partial charge in [-0.05, 0) is 42.9 Å². The Morgan fingerprint density at radius 1 is 1.33 bits per heavy atom. The van der Waals surface area contributed by atoms with Crippen LogP contribution in [0, 0.1) is 23.2 Å². The van der Waals surface area contributed by atoms with Gasteiger partial charge >= 0.3 is 0 Å². The average molecular weight is 263 g/mol. The van der Waals surface area contributed by atoms with Gasteiger partial charge in [0, 0.05) is 6.54 Å². The Balaban J connectivity index is 1.92. The summed E-state index contributed by atoms with van der Waals surface area (Å²) in [4.78, 5) is 0. The maximum absolute atomic E-state index is 8.88. The van der Waals surface area contributed by atoms with E-state index in [0.717, 1.165) is 24.1 Å². The van der Waals surface area contributed by atoms with Gasteiger partial charge < -0.3 is 5.32 Å². The number of anilines is 1. The lowest BCUT2D eigenvalue weighted by Crippen LogP contribution is -2.20. The standard InChI is InChI=1S/C15H19ClN2/c1-11-2-4-12(5-3-11)10-18-15-8-13(9-17)6-7-14(15)16/h6-8,11-12,18H,2-5,10H2,1H3. The van der Waals surface area contributed by atoms with E-state index in [9.17, 15) is 0 Å². The van der Waals surface area contributed by atoms with Crippen molar-refractivity contribution in [2.75, 3.05) is 11.9 Å². The Morgan fingerprint density at radius 2 is 2.06 bits per heavy atom. The fourth-order valence-electron chi connectivity index (χ4n) is 2.52. The number of halogens is 1. The minimum absolute atomic E-state index is 0.652. The van der Waals surface area contributed by atoms with Gasteiger partial charge in [-0.15, -0.1) is 0 Å². The van der Waals surface area contributed by atoms with Gasteiger partial charge in [0.2, 0.25) is 0 Å². The van der Waals surface area contributed by atoms with E-state index in [4.69, 9.17) is 16.9 Å². The second-order valence-electron chi connectivity index (χ2n) is 5.31. The molecule has 0 atom stereocenters. The van der Waals surface area contributed by atoms with Gasteiger partial charge in [-0.2, -0.15) is 5.26 Å². The SMILES string of the molecule is CC1CCC(CNc2cc(C#N)ccc2Cl)CC1. The third-order valence-corrected chi connectivity index (χ3v) is 4.14. The molecule has 0 radical (unpaired) electrons. The van der Waals surface area contributed by atoms with Crippen molar-refractivity contribution in [3.05, 3.63) is 28.8 Å².